The fraction of sp³-hybridized carbons (Fsp3) is 0.154. The third-order valence-corrected chi connectivity index (χ3v) is 2.82. The molecule has 1 heterocycles. The van der Waals surface area contributed by atoms with Gasteiger partial charge in [0.2, 0.25) is 0 Å². The second kappa shape index (κ2) is 5.73. The quantitative estimate of drug-likeness (QED) is 0.732. The second-order valence-electron chi connectivity index (χ2n) is 4.12. The molecule has 19 heavy (non-hydrogen) atoms. The zero-order valence-electron chi connectivity index (χ0n) is 10.5. The largest absolute Gasteiger partial charge is 0.497 e. The molecule has 1 aromatic carbocycles. The van der Waals surface area contributed by atoms with E-state index in [1.807, 2.05) is 0 Å². The van der Waals surface area contributed by atoms with Crippen LogP contribution >= 0.6 is 0 Å². The molecule has 5 nitrogen and oxygen atoms in total. The lowest BCUT2D eigenvalue weighted by Gasteiger charge is -2.11. The first kappa shape index (κ1) is 13.4. The van der Waals surface area contributed by atoms with Gasteiger partial charge in [0.15, 0.2) is 0 Å². The van der Waals surface area contributed by atoms with Crippen molar-refractivity contribution in [3.8, 4) is 5.75 Å². The van der Waals surface area contributed by atoms with Crippen LogP contribution in [0.4, 0.5) is 0 Å². The normalized spacial score (nSPS) is 10.3. The molecule has 0 spiro atoms. The summed E-state index contributed by atoms with van der Waals surface area (Å²) in [5, 5.41) is 18.6. The number of nitrogens with zero attached hydrogens (tertiary/aromatic N) is 1. The molecule has 2 rings (SSSR count). The summed E-state index contributed by atoms with van der Waals surface area (Å²) in [5.74, 6) is 0.402. The summed E-state index contributed by atoms with van der Waals surface area (Å²) in [6.45, 7) is 0.364. The zero-order valence-corrected chi connectivity index (χ0v) is 10.5. The Labute approximate surface area is 110 Å². The first-order chi connectivity index (χ1) is 9.11. The van der Waals surface area contributed by atoms with E-state index in [2.05, 4.69) is 0 Å². The van der Waals surface area contributed by atoms with Crippen LogP contribution in [0.15, 0.2) is 47.4 Å². The SMILES string of the molecule is COc1ccc(Cn2ccccc2=O)cc1B(O)O. The fourth-order valence-corrected chi connectivity index (χ4v) is 1.87. The van der Waals surface area contributed by atoms with E-state index in [0.29, 0.717) is 12.3 Å². The highest BCUT2D eigenvalue weighted by Crippen LogP contribution is 2.10. The summed E-state index contributed by atoms with van der Waals surface area (Å²) in [4.78, 5) is 11.6. The Morgan fingerprint density at radius 2 is 2.05 bits per heavy atom. The van der Waals surface area contributed by atoms with Crippen LogP contribution in [-0.4, -0.2) is 28.8 Å². The van der Waals surface area contributed by atoms with E-state index in [0.717, 1.165) is 5.56 Å². The molecule has 0 unspecified atom stereocenters. The van der Waals surface area contributed by atoms with E-state index in [-0.39, 0.29) is 11.0 Å². The molecule has 0 radical (unpaired) electrons. The van der Waals surface area contributed by atoms with E-state index in [1.54, 1.807) is 36.5 Å². The van der Waals surface area contributed by atoms with Gasteiger partial charge < -0.3 is 19.4 Å². The van der Waals surface area contributed by atoms with Gasteiger partial charge in [-0.15, -0.1) is 0 Å². The molecule has 0 saturated heterocycles. The van der Waals surface area contributed by atoms with Crippen LogP contribution in [0, 0.1) is 0 Å². The molecule has 2 N–H and O–H groups in total. The summed E-state index contributed by atoms with van der Waals surface area (Å²) in [7, 11) is -0.148. The minimum absolute atomic E-state index is 0.107. The summed E-state index contributed by atoms with van der Waals surface area (Å²) < 4.78 is 6.58. The summed E-state index contributed by atoms with van der Waals surface area (Å²) in [5.41, 5.74) is 0.964. The van der Waals surface area contributed by atoms with Crippen molar-refractivity contribution in [2.24, 2.45) is 0 Å². The van der Waals surface area contributed by atoms with Crippen molar-refractivity contribution in [2.45, 2.75) is 6.54 Å². The van der Waals surface area contributed by atoms with E-state index < -0.39 is 7.12 Å². The van der Waals surface area contributed by atoms with Crippen molar-refractivity contribution >= 4 is 12.6 Å². The molecule has 0 aliphatic carbocycles. The Kier molecular flexibility index (Phi) is 4.04. The molecule has 1 aromatic heterocycles. The summed E-state index contributed by atoms with van der Waals surface area (Å²) in [6, 6.07) is 9.97. The Bertz CT molecular complexity index is 624. The van der Waals surface area contributed by atoms with E-state index in [1.165, 1.54) is 17.7 Å². The van der Waals surface area contributed by atoms with E-state index in [9.17, 15) is 14.8 Å². The van der Waals surface area contributed by atoms with E-state index >= 15 is 0 Å². The smallest absolute Gasteiger partial charge is 0.492 e. The number of benzene rings is 1. The summed E-state index contributed by atoms with van der Waals surface area (Å²) >= 11 is 0. The molecule has 0 fully saturated rings. The first-order valence-corrected chi connectivity index (χ1v) is 5.80. The third kappa shape index (κ3) is 3.04. The number of hydrogen-bond acceptors (Lipinski definition) is 4. The average molecular weight is 259 g/mol. The Balaban J connectivity index is 2.34. The number of aromatic nitrogens is 1. The molecule has 0 aliphatic rings. The van der Waals surface area contributed by atoms with Crippen LogP contribution in [0.25, 0.3) is 0 Å². The molecule has 6 heteroatoms. The molecule has 0 saturated carbocycles. The maximum Gasteiger partial charge on any atom is 0.492 e. The standard InChI is InChI=1S/C13H14BNO4/c1-19-12-6-5-10(8-11(12)14(17)18)9-15-7-3-2-4-13(15)16/h2-8,17-18H,9H2,1H3. The number of hydrogen-bond donors (Lipinski definition) is 2. The van der Waals surface area contributed by atoms with Crippen molar-refractivity contribution in [2.75, 3.05) is 7.11 Å². The van der Waals surface area contributed by atoms with Gasteiger partial charge in [0, 0.05) is 17.7 Å². The second-order valence-corrected chi connectivity index (χ2v) is 4.12. The predicted molar refractivity (Wildman–Crippen MR) is 72.6 cm³/mol. The lowest BCUT2D eigenvalue weighted by Crippen LogP contribution is -2.32. The molecule has 98 valence electrons. The van der Waals surface area contributed by atoms with Gasteiger partial charge in [-0.1, -0.05) is 18.2 Å². The highest BCUT2D eigenvalue weighted by atomic mass is 16.5. The molecule has 0 aliphatic heterocycles. The van der Waals surface area contributed by atoms with Gasteiger partial charge in [0.05, 0.1) is 13.7 Å². The maximum absolute atomic E-state index is 11.6. The Morgan fingerprint density at radius 3 is 2.68 bits per heavy atom. The highest BCUT2D eigenvalue weighted by Gasteiger charge is 2.17. The van der Waals surface area contributed by atoms with Crippen molar-refractivity contribution in [1.29, 1.82) is 0 Å². The van der Waals surface area contributed by atoms with Crippen molar-refractivity contribution < 1.29 is 14.8 Å². The summed E-state index contributed by atoms with van der Waals surface area (Å²) in [6.07, 6.45) is 1.68. The number of rotatable bonds is 4. The van der Waals surface area contributed by atoms with Crippen LogP contribution in [-0.2, 0) is 6.54 Å². The number of pyridine rings is 1. The van der Waals surface area contributed by atoms with Crippen LogP contribution < -0.4 is 15.8 Å². The number of methoxy groups -OCH3 is 1. The molecule has 0 bridgehead atoms. The van der Waals surface area contributed by atoms with Crippen molar-refractivity contribution in [3.05, 3.63) is 58.5 Å². The minimum atomic E-state index is -1.61. The van der Waals surface area contributed by atoms with Crippen LogP contribution in [0.5, 0.6) is 5.75 Å². The van der Waals surface area contributed by atoms with Crippen LogP contribution in [0.3, 0.4) is 0 Å². The average Bonchev–Trinajstić information content (AvgIpc) is 2.41. The van der Waals surface area contributed by atoms with Crippen LogP contribution in [0.1, 0.15) is 5.56 Å². The predicted octanol–water partition coefficient (Wildman–Crippen LogP) is -0.415. The zero-order chi connectivity index (χ0) is 13.8. The fourth-order valence-electron chi connectivity index (χ4n) is 1.87. The maximum atomic E-state index is 11.6. The van der Waals surface area contributed by atoms with E-state index in [4.69, 9.17) is 4.74 Å². The lowest BCUT2D eigenvalue weighted by atomic mass is 9.78. The number of ether oxygens (including phenoxy) is 1. The van der Waals surface area contributed by atoms with Gasteiger partial charge >= 0.3 is 7.12 Å². The highest BCUT2D eigenvalue weighted by molar-refractivity contribution is 6.59. The topological polar surface area (TPSA) is 71.7 Å². The molecule has 2 aromatic rings. The Hall–Kier alpha value is -2.05. The third-order valence-electron chi connectivity index (χ3n) is 2.82. The van der Waals surface area contributed by atoms with Gasteiger partial charge in [-0.25, -0.2) is 0 Å². The van der Waals surface area contributed by atoms with Crippen LogP contribution in [0.2, 0.25) is 0 Å². The molecule has 0 amide bonds. The van der Waals surface area contributed by atoms with Crippen molar-refractivity contribution in [1.82, 2.24) is 4.57 Å². The molecular formula is C13H14BNO4. The van der Waals surface area contributed by atoms with Gasteiger partial charge in [-0.2, -0.15) is 0 Å². The van der Waals surface area contributed by atoms with Crippen molar-refractivity contribution in [3.63, 3.8) is 0 Å². The first-order valence-electron chi connectivity index (χ1n) is 5.80. The Morgan fingerprint density at radius 1 is 1.26 bits per heavy atom. The molecule has 0 atom stereocenters. The lowest BCUT2D eigenvalue weighted by molar-refractivity contribution is 0.403. The monoisotopic (exact) mass is 259 g/mol. The van der Waals surface area contributed by atoms with Gasteiger partial charge in [-0.3, -0.25) is 4.79 Å². The van der Waals surface area contributed by atoms with Gasteiger partial charge in [0.25, 0.3) is 5.56 Å². The van der Waals surface area contributed by atoms with Gasteiger partial charge in [0.1, 0.15) is 5.75 Å². The molecular weight excluding hydrogens is 245 g/mol. The van der Waals surface area contributed by atoms with Gasteiger partial charge in [-0.05, 0) is 17.7 Å². The minimum Gasteiger partial charge on any atom is -0.497 e.